The monoisotopic (exact) mass is 1400 g/mol. The molecule has 0 saturated carbocycles. The molecule has 5 heterocycles. The fraction of sp³-hybridized carbons (Fsp3) is 0.522. The molecule has 558 valence electrons. The third-order valence-corrected chi connectivity index (χ3v) is 19.1. The van der Waals surface area contributed by atoms with Gasteiger partial charge in [-0.1, -0.05) is 252 Å². The maximum atomic E-state index is 13.2. The lowest BCUT2D eigenvalue weighted by Crippen LogP contribution is -2.26. The van der Waals surface area contributed by atoms with Gasteiger partial charge in [-0.3, -0.25) is 4.99 Å². The molecular formula is C90H127F4N5O3. The Labute approximate surface area is 614 Å². The first-order valence-corrected chi connectivity index (χ1v) is 37.6. The molecule has 5 aromatic carbocycles. The first-order valence-electron chi connectivity index (χ1n) is 37.6. The van der Waals surface area contributed by atoms with Crippen LogP contribution < -0.4 is 9.80 Å². The van der Waals surface area contributed by atoms with E-state index in [0.29, 0.717) is 60.4 Å². The summed E-state index contributed by atoms with van der Waals surface area (Å²) in [7, 11) is 0. The molecule has 2 N–H and O–H groups in total. The molecule has 0 radical (unpaired) electrons. The predicted octanol–water partition coefficient (Wildman–Crippen LogP) is 24.9. The maximum absolute atomic E-state index is 13.2. The highest BCUT2D eigenvalue weighted by Crippen LogP contribution is 2.38. The van der Waals surface area contributed by atoms with Crippen molar-refractivity contribution in [3.8, 4) is 12.3 Å². The van der Waals surface area contributed by atoms with E-state index < -0.39 is 24.1 Å². The van der Waals surface area contributed by atoms with E-state index in [9.17, 15) is 27.8 Å². The molecule has 0 amide bonds. The van der Waals surface area contributed by atoms with E-state index in [0.717, 1.165) is 58.0 Å². The number of aliphatic imine (C=N–C) groups is 1. The van der Waals surface area contributed by atoms with Gasteiger partial charge in [0.1, 0.15) is 11.6 Å². The minimum Gasteiger partial charge on any atom is -0.448 e. The Hall–Kier alpha value is -7.33. The molecule has 4 unspecified atom stereocenters. The lowest BCUT2D eigenvalue weighted by atomic mass is 9.88. The van der Waals surface area contributed by atoms with Crippen molar-refractivity contribution in [2.75, 3.05) is 42.5 Å². The summed E-state index contributed by atoms with van der Waals surface area (Å²) < 4.78 is 58.0. The number of nitrogens with zero attached hydrogens (tertiary/aromatic N) is 5. The van der Waals surface area contributed by atoms with Gasteiger partial charge in [-0.2, -0.15) is 0 Å². The Morgan fingerprint density at radius 3 is 1.38 bits per heavy atom. The van der Waals surface area contributed by atoms with Gasteiger partial charge in [0.05, 0.1) is 38.0 Å². The number of aromatic nitrogens is 2. The van der Waals surface area contributed by atoms with E-state index in [-0.39, 0.29) is 37.8 Å². The molecule has 8 nitrogen and oxygen atoms in total. The zero-order valence-corrected chi connectivity index (χ0v) is 66.6. The van der Waals surface area contributed by atoms with Gasteiger partial charge < -0.3 is 24.4 Å². The molecule has 4 atom stereocenters. The summed E-state index contributed by atoms with van der Waals surface area (Å²) in [4.78, 5) is 16.3. The van der Waals surface area contributed by atoms with Gasteiger partial charge in [0, 0.05) is 55.4 Å². The number of aryl methyl sites for hydroxylation is 2. The Kier molecular flexibility index (Phi) is 35.2. The van der Waals surface area contributed by atoms with Gasteiger partial charge in [-0.25, -0.2) is 27.5 Å². The number of anilines is 2. The number of alkyl halides is 4. The van der Waals surface area contributed by atoms with Gasteiger partial charge in [0.15, 0.2) is 6.39 Å². The number of pyridine rings is 1. The summed E-state index contributed by atoms with van der Waals surface area (Å²) >= 11 is 0. The van der Waals surface area contributed by atoms with E-state index >= 15 is 0 Å². The van der Waals surface area contributed by atoms with Crippen LogP contribution in [-0.2, 0) is 0 Å². The summed E-state index contributed by atoms with van der Waals surface area (Å²) in [5, 5.41) is 19.4. The fourth-order valence-electron chi connectivity index (χ4n) is 13.6. The number of terminal acetylenes is 1. The highest BCUT2D eigenvalue weighted by molar-refractivity contribution is 6.02. The number of benzene rings is 5. The average molecular weight is 1400 g/mol. The van der Waals surface area contributed by atoms with E-state index in [4.69, 9.17) is 10.8 Å². The maximum Gasteiger partial charge on any atom is 0.266 e. The minimum absolute atomic E-state index is 0.0283. The van der Waals surface area contributed by atoms with Crippen molar-refractivity contribution in [2.45, 2.75) is 269 Å². The van der Waals surface area contributed by atoms with Crippen molar-refractivity contribution in [1.29, 1.82) is 0 Å². The van der Waals surface area contributed by atoms with Gasteiger partial charge in [0.25, 0.3) is 11.8 Å². The second kappa shape index (κ2) is 41.2. The highest BCUT2D eigenvalue weighted by Gasteiger charge is 2.40. The summed E-state index contributed by atoms with van der Waals surface area (Å²) in [6, 6.07) is 39.3. The Bertz CT molecular complexity index is 3660. The van der Waals surface area contributed by atoms with Crippen molar-refractivity contribution in [2.24, 2.45) is 10.9 Å². The molecule has 0 aliphatic carbocycles. The molecule has 0 bridgehead atoms. The van der Waals surface area contributed by atoms with Crippen LogP contribution in [0.1, 0.15) is 322 Å². The van der Waals surface area contributed by atoms with Crippen LogP contribution in [0.25, 0.3) is 0 Å². The van der Waals surface area contributed by atoms with Gasteiger partial charge >= 0.3 is 0 Å². The third kappa shape index (κ3) is 25.8. The quantitative estimate of drug-likeness (QED) is 0.0692. The number of hydrogen-bond donors (Lipinski definition) is 2. The number of rotatable bonds is 17. The largest absolute Gasteiger partial charge is 0.448 e. The molecule has 102 heavy (non-hydrogen) atoms. The van der Waals surface area contributed by atoms with Crippen molar-refractivity contribution in [3.63, 3.8) is 0 Å². The summed E-state index contributed by atoms with van der Waals surface area (Å²) in [6.45, 7) is 52.8. The second-order valence-electron chi connectivity index (χ2n) is 30.4. The van der Waals surface area contributed by atoms with Crippen LogP contribution in [0.3, 0.4) is 0 Å². The Morgan fingerprint density at radius 2 is 0.951 bits per heavy atom. The lowest BCUT2D eigenvalue weighted by molar-refractivity contribution is 0.0250. The standard InChI is InChI=1S/C14H17NO.C14H18.C13H17F2N.C13H20O2.C13H20.C12H16F2N2.C11H19N/c1-10(2)12-6-4-5-7-13(12)11(3)14-8-15-9-16-14;1-6-12(5)14-9-11(4)7-8-13(14)10(2)3;1-10(2)11-5-3-4-6-12(11)16-8-7-13(14,15)9-16;1-8(2)13-11(9(3)14)6-5-7-12(13)10(4)15;1-9(2)12-7-6-11(5)8-13(12)10(3)4;1-9(2)10-4-3-6-15-11(10)16-7-5-12(13,14)8-16;1-5-9-7-12-10(6-2)11(9)8(3)4/h4-11H,1-3H3;1,7-10,12H,2-5H3;3-6,10H,7-9H2,1-2H3;5-10,14-15H,1-4H3;6-10H,1-5H3;3-4,6,9H,5,7-8H2,1-2H3;8H,5-7H2,1-4H3. The van der Waals surface area contributed by atoms with Crippen LogP contribution in [0.4, 0.5) is 29.1 Å². The third-order valence-electron chi connectivity index (χ3n) is 19.1. The lowest BCUT2D eigenvalue weighted by Gasteiger charge is -2.23. The first-order chi connectivity index (χ1) is 47.9. The minimum atomic E-state index is -2.56. The Morgan fingerprint density at radius 1 is 0.500 bits per heavy atom. The van der Waals surface area contributed by atoms with Crippen molar-refractivity contribution < 1.29 is 32.2 Å². The normalized spacial score (nSPS) is 15.6. The van der Waals surface area contributed by atoms with Crippen molar-refractivity contribution in [3.05, 3.63) is 223 Å². The van der Waals surface area contributed by atoms with Crippen LogP contribution in [0, 0.1) is 32.1 Å². The molecule has 2 fully saturated rings. The first kappa shape index (κ1) is 87.1. The fourth-order valence-corrected chi connectivity index (χ4v) is 13.6. The number of hydrogen-bond acceptors (Lipinski definition) is 8. The highest BCUT2D eigenvalue weighted by atomic mass is 19.3. The SMILES string of the molecule is C#CC(C)c1cc(C)ccc1C(C)C.CC(C)c1c(C(C)O)cccc1C(C)O.CC(C)c1ccccc1C(C)c1cnco1.CC(C)c1ccccc1N1CCC(F)(F)C1.CC(C)c1cccnc1N1CCC(F)(F)C1.CCC1=NCC(CC)=C1C(C)C.Cc1ccc(C(C)C)c(C(C)C)c1. The average Bonchev–Trinajstić information content (AvgIpc) is 1.72. The number of aliphatic hydroxyl groups is 2. The van der Waals surface area contributed by atoms with Crippen molar-refractivity contribution >= 4 is 17.2 Å². The number of aliphatic hydroxyl groups excluding tert-OH is 2. The van der Waals surface area contributed by atoms with Crippen LogP contribution in [0.5, 0.6) is 0 Å². The summed E-state index contributed by atoms with van der Waals surface area (Å²) in [5.74, 6) is 3.81. The molecule has 0 spiro atoms. The van der Waals surface area contributed by atoms with Gasteiger partial charge in [-0.05, 0) is 179 Å². The van der Waals surface area contributed by atoms with E-state index in [1.807, 2.05) is 54.6 Å². The topological polar surface area (TPSA) is 98.2 Å². The van der Waals surface area contributed by atoms with Crippen LogP contribution in [0.15, 0.2) is 155 Å². The van der Waals surface area contributed by atoms with E-state index in [1.165, 1.54) is 63.0 Å². The van der Waals surface area contributed by atoms with Crippen LogP contribution in [0.2, 0.25) is 0 Å². The van der Waals surface area contributed by atoms with E-state index in [2.05, 4.69) is 234 Å². The molecular weight excluding hydrogens is 1280 g/mol. The molecule has 2 aromatic heterocycles. The number of oxazole rings is 1. The van der Waals surface area contributed by atoms with Gasteiger partial charge in [0.2, 0.25) is 0 Å². The molecule has 7 aromatic rings. The van der Waals surface area contributed by atoms with Crippen LogP contribution in [-0.4, -0.2) is 70.5 Å². The molecule has 12 heteroatoms. The molecule has 2 saturated heterocycles. The number of halogens is 4. The van der Waals surface area contributed by atoms with Gasteiger partial charge in [-0.15, -0.1) is 6.42 Å². The zero-order valence-electron chi connectivity index (χ0n) is 66.6. The predicted molar refractivity (Wildman–Crippen MR) is 425 cm³/mol. The number of allylic oxidation sites excluding steroid dienone is 1. The molecule has 3 aliphatic heterocycles. The van der Waals surface area contributed by atoms with Crippen molar-refractivity contribution in [1.82, 2.24) is 9.97 Å². The van der Waals surface area contributed by atoms with Crippen LogP contribution >= 0.6 is 0 Å². The zero-order chi connectivity index (χ0) is 76.5. The number of para-hydroxylation sites is 1. The summed E-state index contributed by atoms with van der Waals surface area (Å²) in [6.07, 6.45) is 11.6. The smallest absolute Gasteiger partial charge is 0.266 e. The molecule has 3 aliphatic rings. The Balaban J connectivity index is 0.000000253. The van der Waals surface area contributed by atoms with E-state index in [1.54, 1.807) is 47.2 Å². The molecule has 10 rings (SSSR count). The summed E-state index contributed by atoms with van der Waals surface area (Å²) in [5.41, 5.74) is 21.6. The second-order valence-corrected chi connectivity index (χ2v) is 30.4.